The lowest BCUT2D eigenvalue weighted by Gasteiger charge is -2.06. The number of carbonyl (C=O) groups is 1. The third-order valence-corrected chi connectivity index (χ3v) is 2.90. The van der Waals surface area contributed by atoms with E-state index in [0.29, 0.717) is 11.7 Å². The maximum absolute atomic E-state index is 11.7. The van der Waals surface area contributed by atoms with Crippen molar-refractivity contribution in [1.82, 2.24) is 4.98 Å². The molecule has 4 heteroatoms. The summed E-state index contributed by atoms with van der Waals surface area (Å²) in [5.41, 5.74) is 0. The Labute approximate surface area is 94.6 Å². The predicted octanol–water partition coefficient (Wildman–Crippen LogP) is 2.04. The van der Waals surface area contributed by atoms with E-state index >= 15 is 0 Å². The Kier molecular flexibility index (Phi) is 3.08. The second-order valence-electron chi connectivity index (χ2n) is 3.94. The van der Waals surface area contributed by atoms with Crippen LogP contribution in [0.5, 0.6) is 11.6 Å². The Balaban J connectivity index is 2.01. The zero-order valence-corrected chi connectivity index (χ0v) is 9.47. The summed E-state index contributed by atoms with van der Waals surface area (Å²) >= 11 is 0. The van der Waals surface area contributed by atoms with E-state index in [9.17, 15) is 4.79 Å². The van der Waals surface area contributed by atoms with Gasteiger partial charge in [-0.3, -0.25) is 4.79 Å². The molecule has 2 rings (SSSR count). The van der Waals surface area contributed by atoms with E-state index in [-0.39, 0.29) is 17.8 Å². The van der Waals surface area contributed by atoms with Crippen LogP contribution in [0.2, 0.25) is 0 Å². The van der Waals surface area contributed by atoms with Gasteiger partial charge >= 0.3 is 5.97 Å². The van der Waals surface area contributed by atoms with Gasteiger partial charge in [0.15, 0.2) is 5.75 Å². The zero-order chi connectivity index (χ0) is 11.5. The van der Waals surface area contributed by atoms with E-state index in [1.165, 1.54) is 7.11 Å². The molecule has 0 aliphatic heterocycles. The summed E-state index contributed by atoms with van der Waals surface area (Å²) in [7, 11) is 1.53. The van der Waals surface area contributed by atoms with E-state index in [1.807, 2.05) is 0 Å². The molecule has 0 bridgehead atoms. The molecule has 1 fully saturated rings. The van der Waals surface area contributed by atoms with Crippen molar-refractivity contribution in [1.29, 1.82) is 0 Å². The number of pyridine rings is 1. The molecule has 0 amide bonds. The molecule has 0 radical (unpaired) electrons. The zero-order valence-electron chi connectivity index (χ0n) is 9.47. The van der Waals surface area contributed by atoms with Gasteiger partial charge in [0.1, 0.15) is 0 Å². The number of hydrogen-bond acceptors (Lipinski definition) is 4. The van der Waals surface area contributed by atoms with E-state index in [0.717, 1.165) is 12.8 Å². The maximum atomic E-state index is 11.7. The van der Waals surface area contributed by atoms with Crippen LogP contribution in [0.1, 0.15) is 19.8 Å². The Morgan fingerprint density at radius 1 is 1.62 bits per heavy atom. The minimum Gasteiger partial charge on any atom is -0.491 e. The Hall–Kier alpha value is -1.58. The largest absolute Gasteiger partial charge is 0.491 e. The molecule has 2 atom stereocenters. The molecule has 1 aliphatic rings. The first-order chi connectivity index (χ1) is 7.76. The molecule has 0 N–H and O–H groups in total. The molecule has 1 saturated carbocycles. The smallest absolute Gasteiger partial charge is 0.316 e. The molecule has 0 aromatic carbocycles. The van der Waals surface area contributed by atoms with E-state index in [1.54, 1.807) is 18.3 Å². The van der Waals surface area contributed by atoms with Crippen LogP contribution in [0.15, 0.2) is 18.3 Å². The molecular formula is C12H15NO3. The van der Waals surface area contributed by atoms with Crippen molar-refractivity contribution in [2.45, 2.75) is 19.8 Å². The number of methoxy groups -OCH3 is 1. The van der Waals surface area contributed by atoms with Gasteiger partial charge in [0, 0.05) is 6.20 Å². The van der Waals surface area contributed by atoms with Gasteiger partial charge < -0.3 is 9.47 Å². The summed E-state index contributed by atoms with van der Waals surface area (Å²) in [6.07, 6.45) is 3.54. The average molecular weight is 221 g/mol. The predicted molar refractivity (Wildman–Crippen MR) is 58.3 cm³/mol. The van der Waals surface area contributed by atoms with Crippen molar-refractivity contribution in [3.8, 4) is 11.6 Å². The highest BCUT2D eigenvalue weighted by molar-refractivity contribution is 5.78. The molecule has 4 nitrogen and oxygen atoms in total. The molecule has 1 aromatic rings. The summed E-state index contributed by atoms with van der Waals surface area (Å²) in [4.78, 5) is 15.7. The van der Waals surface area contributed by atoms with Crippen molar-refractivity contribution in [2.24, 2.45) is 11.8 Å². The Morgan fingerprint density at radius 3 is 3.06 bits per heavy atom. The second-order valence-corrected chi connectivity index (χ2v) is 3.94. The first-order valence-corrected chi connectivity index (χ1v) is 5.47. The summed E-state index contributed by atoms with van der Waals surface area (Å²) in [5.74, 6) is 1.10. The summed E-state index contributed by atoms with van der Waals surface area (Å²) in [5, 5.41) is 0. The minimum absolute atomic E-state index is 0.0525. The van der Waals surface area contributed by atoms with Crippen molar-refractivity contribution < 1.29 is 14.3 Å². The molecule has 1 heterocycles. The van der Waals surface area contributed by atoms with E-state index in [4.69, 9.17) is 9.47 Å². The van der Waals surface area contributed by atoms with Gasteiger partial charge in [-0.25, -0.2) is 4.98 Å². The molecule has 0 spiro atoms. The third-order valence-electron chi connectivity index (χ3n) is 2.90. The summed E-state index contributed by atoms with van der Waals surface area (Å²) < 4.78 is 10.3. The maximum Gasteiger partial charge on any atom is 0.316 e. The van der Waals surface area contributed by atoms with Crippen molar-refractivity contribution >= 4 is 5.97 Å². The van der Waals surface area contributed by atoms with Crippen molar-refractivity contribution in [3.05, 3.63) is 18.3 Å². The van der Waals surface area contributed by atoms with Crippen LogP contribution in [0, 0.1) is 11.8 Å². The molecule has 1 aromatic heterocycles. The van der Waals surface area contributed by atoms with Crippen LogP contribution in [0.3, 0.4) is 0 Å². The van der Waals surface area contributed by atoms with Gasteiger partial charge in [0.2, 0.25) is 0 Å². The molecule has 16 heavy (non-hydrogen) atoms. The highest BCUT2D eigenvalue weighted by Gasteiger charge is 2.43. The highest BCUT2D eigenvalue weighted by atomic mass is 16.6. The highest BCUT2D eigenvalue weighted by Crippen LogP contribution is 2.42. The lowest BCUT2D eigenvalue weighted by Crippen LogP contribution is -2.12. The molecule has 1 aliphatic carbocycles. The van der Waals surface area contributed by atoms with Crippen molar-refractivity contribution in [2.75, 3.05) is 7.11 Å². The lowest BCUT2D eigenvalue weighted by molar-refractivity contribution is -0.136. The minimum atomic E-state index is -0.191. The molecular weight excluding hydrogens is 206 g/mol. The number of hydrogen-bond donors (Lipinski definition) is 0. The lowest BCUT2D eigenvalue weighted by atomic mass is 10.2. The van der Waals surface area contributed by atoms with E-state index in [2.05, 4.69) is 11.9 Å². The van der Waals surface area contributed by atoms with Gasteiger partial charge in [-0.2, -0.15) is 0 Å². The molecule has 86 valence electrons. The number of carbonyl (C=O) groups excluding carboxylic acids is 1. The van der Waals surface area contributed by atoms with Crippen LogP contribution in [-0.4, -0.2) is 18.1 Å². The fraction of sp³-hybridized carbons (Fsp3) is 0.500. The van der Waals surface area contributed by atoms with Gasteiger partial charge in [-0.1, -0.05) is 13.3 Å². The number of esters is 1. The van der Waals surface area contributed by atoms with Crippen LogP contribution in [-0.2, 0) is 4.79 Å². The molecule has 2 unspecified atom stereocenters. The van der Waals surface area contributed by atoms with Gasteiger partial charge in [-0.15, -0.1) is 0 Å². The van der Waals surface area contributed by atoms with Gasteiger partial charge in [0.05, 0.1) is 13.0 Å². The number of ether oxygens (including phenoxy) is 2. The third kappa shape index (κ3) is 2.15. The SMILES string of the molecule is CCC1CC1C(=O)Oc1ncccc1OC. The first kappa shape index (κ1) is 10.9. The standard InChI is InChI=1S/C12H15NO3/c1-3-8-7-9(8)12(14)16-11-10(15-2)5-4-6-13-11/h4-6,8-9H,3,7H2,1-2H3. The number of rotatable bonds is 4. The second kappa shape index (κ2) is 4.51. The summed E-state index contributed by atoms with van der Waals surface area (Å²) in [6, 6.07) is 3.46. The van der Waals surface area contributed by atoms with Crippen LogP contribution >= 0.6 is 0 Å². The van der Waals surface area contributed by atoms with Gasteiger partial charge in [-0.05, 0) is 24.5 Å². The normalized spacial score (nSPS) is 22.6. The van der Waals surface area contributed by atoms with Crippen LogP contribution in [0.4, 0.5) is 0 Å². The number of nitrogens with zero attached hydrogens (tertiary/aromatic N) is 1. The van der Waals surface area contributed by atoms with Crippen LogP contribution in [0.25, 0.3) is 0 Å². The topological polar surface area (TPSA) is 48.4 Å². The Morgan fingerprint density at radius 2 is 2.44 bits per heavy atom. The fourth-order valence-electron chi connectivity index (χ4n) is 1.77. The van der Waals surface area contributed by atoms with Gasteiger partial charge in [0.25, 0.3) is 5.88 Å². The Bertz CT molecular complexity index is 392. The first-order valence-electron chi connectivity index (χ1n) is 5.47. The molecule has 0 saturated heterocycles. The summed E-state index contributed by atoms with van der Waals surface area (Å²) in [6.45, 7) is 2.08. The fourth-order valence-corrected chi connectivity index (χ4v) is 1.77. The van der Waals surface area contributed by atoms with E-state index < -0.39 is 0 Å². The monoisotopic (exact) mass is 221 g/mol. The van der Waals surface area contributed by atoms with Crippen molar-refractivity contribution in [3.63, 3.8) is 0 Å². The van der Waals surface area contributed by atoms with Crippen LogP contribution < -0.4 is 9.47 Å². The average Bonchev–Trinajstić information content (AvgIpc) is 3.09. The quantitative estimate of drug-likeness (QED) is 0.730. The number of aromatic nitrogens is 1.